The number of halogens is 1. The molecule has 0 saturated heterocycles. The van der Waals surface area contributed by atoms with Crippen molar-refractivity contribution in [2.24, 2.45) is 0 Å². The number of methoxy groups -OCH3 is 1. The summed E-state index contributed by atoms with van der Waals surface area (Å²) in [6.07, 6.45) is 1.04. The molecule has 0 bridgehead atoms. The first-order chi connectivity index (χ1) is 8.04. The van der Waals surface area contributed by atoms with Gasteiger partial charge in [-0.2, -0.15) is 12.6 Å². The van der Waals surface area contributed by atoms with E-state index in [1.54, 1.807) is 7.11 Å². The predicted molar refractivity (Wildman–Crippen MR) is 81.9 cm³/mol. The number of ether oxygens (including phenoxy) is 1. The molecule has 0 aliphatic carbocycles. The van der Waals surface area contributed by atoms with Gasteiger partial charge in [0.15, 0.2) is 0 Å². The average molecular weight is 318 g/mol. The molecule has 0 heterocycles. The van der Waals surface area contributed by atoms with Gasteiger partial charge in [0.2, 0.25) is 0 Å². The number of nitrogens with one attached hydrogen (secondary N) is 1. The van der Waals surface area contributed by atoms with Crippen LogP contribution in [-0.4, -0.2) is 19.4 Å². The van der Waals surface area contributed by atoms with Crippen molar-refractivity contribution in [2.45, 2.75) is 27.2 Å². The van der Waals surface area contributed by atoms with E-state index in [1.165, 1.54) is 16.7 Å². The first-order valence-corrected chi connectivity index (χ1v) is 7.15. The molecular weight excluding hydrogens is 298 g/mol. The van der Waals surface area contributed by atoms with Gasteiger partial charge in [-0.1, -0.05) is 15.9 Å². The van der Waals surface area contributed by atoms with Gasteiger partial charge < -0.3 is 10.1 Å². The number of hydrogen-bond donors (Lipinski definition) is 2. The van der Waals surface area contributed by atoms with Gasteiger partial charge in [-0.05, 0) is 49.6 Å². The second-order valence-corrected chi connectivity index (χ2v) is 5.34. The summed E-state index contributed by atoms with van der Waals surface area (Å²) in [5.41, 5.74) is 4.70. The van der Waals surface area contributed by atoms with Crippen LogP contribution in [-0.2, 0) is 0 Å². The molecule has 0 atom stereocenters. The maximum atomic E-state index is 5.52. The lowest BCUT2D eigenvalue weighted by Crippen LogP contribution is -2.07. The monoisotopic (exact) mass is 317 g/mol. The molecule has 0 fully saturated rings. The largest absolute Gasteiger partial charge is 0.494 e. The summed E-state index contributed by atoms with van der Waals surface area (Å²) in [5, 5.41) is 3.44. The van der Waals surface area contributed by atoms with Crippen molar-refractivity contribution in [3.05, 3.63) is 21.2 Å². The summed E-state index contributed by atoms with van der Waals surface area (Å²) in [7, 11) is 1.72. The number of anilines is 1. The zero-order valence-corrected chi connectivity index (χ0v) is 13.3. The van der Waals surface area contributed by atoms with Crippen LogP contribution in [0.4, 0.5) is 5.69 Å². The van der Waals surface area contributed by atoms with Gasteiger partial charge in [0.05, 0.1) is 12.8 Å². The summed E-state index contributed by atoms with van der Waals surface area (Å²) >= 11 is 7.86. The number of thiol groups is 1. The fourth-order valence-corrected chi connectivity index (χ4v) is 2.50. The van der Waals surface area contributed by atoms with Crippen molar-refractivity contribution in [2.75, 3.05) is 24.7 Å². The molecule has 0 unspecified atom stereocenters. The molecule has 1 rings (SSSR count). The van der Waals surface area contributed by atoms with E-state index in [1.807, 2.05) is 0 Å². The summed E-state index contributed by atoms with van der Waals surface area (Å²) in [5.74, 6) is 1.84. The van der Waals surface area contributed by atoms with Gasteiger partial charge in [0, 0.05) is 11.0 Å². The Hall–Kier alpha value is -0.350. The Bertz CT molecular complexity index is 407. The Morgan fingerprint density at radius 2 is 1.82 bits per heavy atom. The number of benzene rings is 1. The molecule has 4 heteroatoms. The zero-order valence-electron chi connectivity index (χ0n) is 10.9. The molecule has 0 aromatic heterocycles. The van der Waals surface area contributed by atoms with E-state index in [2.05, 4.69) is 54.6 Å². The molecule has 0 saturated carbocycles. The quantitative estimate of drug-likeness (QED) is 0.630. The lowest BCUT2D eigenvalue weighted by Gasteiger charge is -2.19. The third kappa shape index (κ3) is 3.10. The third-order valence-corrected chi connectivity index (χ3v) is 4.51. The van der Waals surface area contributed by atoms with Crippen LogP contribution in [0, 0.1) is 20.8 Å². The van der Waals surface area contributed by atoms with E-state index >= 15 is 0 Å². The smallest absolute Gasteiger partial charge is 0.145 e. The molecule has 1 aromatic rings. The Balaban J connectivity index is 3.17. The molecule has 1 N–H and O–H groups in total. The topological polar surface area (TPSA) is 21.3 Å². The van der Waals surface area contributed by atoms with E-state index in [9.17, 15) is 0 Å². The maximum Gasteiger partial charge on any atom is 0.145 e. The fourth-order valence-electron chi connectivity index (χ4n) is 1.84. The highest BCUT2D eigenvalue weighted by atomic mass is 79.9. The Morgan fingerprint density at radius 1 is 1.18 bits per heavy atom. The normalized spacial score (nSPS) is 10.5. The Morgan fingerprint density at radius 3 is 2.35 bits per heavy atom. The van der Waals surface area contributed by atoms with E-state index in [0.29, 0.717) is 0 Å². The van der Waals surface area contributed by atoms with Crippen LogP contribution >= 0.6 is 28.6 Å². The van der Waals surface area contributed by atoms with Crippen molar-refractivity contribution < 1.29 is 4.74 Å². The fraction of sp³-hybridized carbons (Fsp3) is 0.538. The summed E-state index contributed by atoms with van der Waals surface area (Å²) < 4.78 is 6.68. The molecule has 0 aliphatic heterocycles. The van der Waals surface area contributed by atoms with Crippen molar-refractivity contribution in [1.82, 2.24) is 0 Å². The van der Waals surface area contributed by atoms with Crippen LogP contribution in [0.1, 0.15) is 23.1 Å². The highest BCUT2D eigenvalue weighted by Crippen LogP contribution is 2.39. The molecule has 0 amide bonds. The van der Waals surface area contributed by atoms with Crippen LogP contribution in [0.25, 0.3) is 0 Å². The van der Waals surface area contributed by atoms with Crippen LogP contribution in [0.5, 0.6) is 5.75 Å². The van der Waals surface area contributed by atoms with Crippen molar-refractivity contribution in [3.8, 4) is 5.75 Å². The lowest BCUT2D eigenvalue weighted by atomic mass is 10.0. The number of hydrogen-bond acceptors (Lipinski definition) is 3. The molecular formula is C13H20BrNOS. The molecule has 1 aromatic carbocycles. The average Bonchev–Trinajstić information content (AvgIpc) is 2.33. The second-order valence-electron chi connectivity index (χ2n) is 4.10. The van der Waals surface area contributed by atoms with E-state index in [0.717, 1.165) is 34.6 Å². The highest BCUT2D eigenvalue weighted by molar-refractivity contribution is 9.10. The van der Waals surface area contributed by atoms with Gasteiger partial charge in [0.25, 0.3) is 0 Å². The van der Waals surface area contributed by atoms with Crippen molar-refractivity contribution in [3.63, 3.8) is 0 Å². The lowest BCUT2D eigenvalue weighted by molar-refractivity contribution is 0.412. The Kier molecular flexibility index (Phi) is 5.67. The minimum absolute atomic E-state index is 0.889. The summed E-state index contributed by atoms with van der Waals surface area (Å²) in [6, 6.07) is 0. The molecule has 17 heavy (non-hydrogen) atoms. The minimum atomic E-state index is 0.889. The SMILES string of the molecule is COc1c(C)c(C)c(Br)c(C)c1NCCCS. The van der Waals surface area contributed by atoms with Gasteiger partial charge in [-0.15, -0.1) is 0 Å². The predicted octanol–water partition coefficient (Wildman–Crippen LogP) is 4.11. The highest BCUT2D eigenvalue weighted by Gasteiger charge is 2.16. The molecule has 0 aliphatic rings. The van der Waals surface area contributed by atoms with Crippen LogP contribution in [0.15, 0.2) is 4.47 Å². The zero-order chi connectivity index (χ0) is 13.0. The molecule has 0 radical (unpaired) electrons. The number of rotatable bonds is 5. The van der Waals surface area contributed by atoms with Gasteiger partial charge >= 0.3 is 0 Å². The third-order valence-electron chi connectivity index (χ3n) is 3.00. The van der Waals surface area contributed by atoms with Crippen molar-refractivity contribution in [1.29, 1.82) is 0 Å². The Labute approximate surface area is 118 Å². The van der Waals surface area contributed by atoms with Crippen molar-refractivity contribution >= 4 is 34.2 Å². The standard InChI is InChI=1S/C13H20BrNOS/c1-8-9(2)13(16-4)12(10(3)11(8)14)15-6-5-7-17/h15,17H,5-7H2,1-4H3. The van der Waals surface area contributed by atoms with Crippen LogP contribution in [0.2, 0.25) is 0 Å². The summed E-state index contributed by atoms with van der Waals surface area (Å²) in [6.45, 7) is 7.20. The minimum Gasteiger partial charge on any atom is -0.494 e. The van der Waals surface area contributed by atoms with Crippen LogP contribution < -0.4 is 10.1 Å². The first-order valence-electron chi connectivity index (χ1n) is 5.72. The van der Waals surface area contributed by atoms with E-state index in [4.69, 9.17) is 4.74 Å². The van der Waals surface area contributed by atoms with E-state index < -0.39 is 0 Å². The van der Waals surface area contributed by atoms with Gasteiger partial charge in [-0.3, -0.25) is 0 Å². The van der Waals surface area contributed by atoms with Crippen LogP contribution in [0.3, 0.4) is 0 Å². The van der Waals surface area contributed by atoms with Gasteiger partial charge in [0.1, 0.15) is 5.75 Å². The van der Waals surface area contributed by atoms with E-state index in [-0.39, 0.29) is 0 Å². The molecule has 96 valence electrons. The summed E-state index contributed by atoms with van der Waals surface area (Å²) in [4.78, 5) is 0. The van der Waals surface area contributed by atoms with Gasteiger partial charge in [-0.25, -0.2) is 0 Å². The second kappa shape index (κ2) is 6.55. The molecule has 0 spiro atoms. The maximum absolute atomic E-state index is 5.52. The molecule has 2 nitrogen and oxygen atoms in total. The first kappa shape index (κ1) is 14.7.